The number of nitrogens with zero attached hydrogens (tertiary/aromatic N) is 5. The molecule has 3 heterocycles. The average molecular weight is 601 g/mol. The van der Waals surface area contributed by atoms with Crippen molar-refractivity contribution in [2.24, 2.45) is 0 Å². The number of fused-ring (bicyclic) bond motifs is 1. The minimum absolute atomic E-state index is 0.0695. The molecule has 11 heteroatoms. The van der Waals surface area contributed by atoms with E-state index in [-0.39, 0.29) is 5.91 Å². The Hall–Kier alpha value is -3.64. The van der Waals surface area contributed by atoms with Crippen LogP contribution in [-0.2, 0) is 16.0 Å². The zero-order chi connectivity index (χ0) is 28.7. The highest BCUT2D eigenvalue weighted by Crippen LogP contribution is 2.36. The number of carbonyl (C=O) groups excluding carboxylic acids is 1. The summed E-state index contributed by atoms with van der Waals surface area (Å²) in [5.74, 6) is 1.35. The highest BCUT2D eigenvalue weighted by Gasteiger charge is 2.31. The summed E-state index contributed by atoms with van der Waals surface area (Å²) in [6.45, 7) is 5.26. The fraction of sp³-hybridized carbons (Fsp3) is 0.323. The predicted molar refractivity (Wildman–Crippen MR) is 169 cm³/mol. The summed E-state index contributed by atoms with van der Waals surface area (Å²) in [5, 5.41) is 16.4. The molecule has 2 saturated heterocycles. The fourth-order valence-electron chi connectivity index (χ4n) is 5.13. The molecule has 0 radical (unpaired) electrons. The van der Waals surface area contributed by atoms with Crippen LogP contribution in [-0.4, -0.2) is 86.7 Å². The van der Waals surface area contributed by atoms with Crippen LogP contribution in [0.2, 0.25) is 0 Å². The molecular formula is C31H32N6O3S2. The van der Waals surface area contributed by atoms with E-state index in [4.69, 9.17) is 21.7 Å². The molecule has 0 aliphatic carbocycles. The van der Waals surface area contributed by atoms with Crippen LogP contribution in [0.4, 0.5) is 0 Å². The molecular weight excluding hydrogens is 569 g/mol. The molecule has 4 aromatic rings. The number of carbonyl (C=O) groups is 1. The summed E-state index contributed by atoms with van der Waals surface area (Å²) in [5.41, 5.74) is 3.03. The number of thioether (sulfide) groups is 1. The minimum atomic E-state index is -0.0695. The SMILES string of the molecule is O=C1/C(=C/c2cc(-c3ccc4ccccc4c3)ccc2OCCN2CCOCC2)SC(=S)N1CCCCc1nn[nH]n1. The first-order chi connectivity index (χ1) is 20.6. The van der Waals surface area contributed by atoms with Gasteiger partial charge in [0.2, 0.25) is 0 Å². The second kappa shape index (κ2) is 13.6. The number of H-pyrrole nitrogens is 1. The van der Waals surface area contributed by atoms with Gasteiger partial charge in [0.25, 0.3) is 5.91 Å². The number of aromatic nitrogens is 4. The molecule has 9 nitrogen and oxygen atoms in total. The van der Waals surface area contributed by atoms with Crippen molar-refractivity contribution in [3.8, 4) is 16.9 Å². The Kier molecular flexibility index (Phi) is 9.19. The van der Waals surface area contributed by atoms with E-state index in [1.807, 2.05) is 18.2 Å². The van der Waals surface area contributed by atoms with Gasteiger partial charge in [0, 0.05) is 38.2 Å². The van der Waals surface area contributed by atoms with Gasteiger partial charge in [-0.1, -0.05) is 71.7 Å². The van der Waals surface area contributed by atoms with E-state index in [1.54, 1.807) is 4.90 Å². The molecule has 0 saturated carbocycles. The van der Waals surface area contributed by atoms with E-state index in [1.165, 1.54) is 22.5 Å². The molecule has 42 heavy (non-hydrogen) atoms. The molecule has 1 N–H and O–H groups in total. The van der Waals surface area contributed by atoms with Crippen LogP contribution < -0.4 is 4.74 Å². The third-order valence-electron chi connectivity index (χ3n) is 7.44. The van der Waals surface area contributed by atoms with Gasteiger partial charge in [0.15, 0.2) is 5.82 Å². The van der Waals surface area contributed by atoms with Gasteiger partial charge in [-0.15, -0.1) is 10.2 Å². The first-order valence-corrected chi connectivity index (χ1v) is 15.4. The number of aromatic amines is 1. The lowest BCUT2D eigenvalue weighted by atomic mass is 9.99. The highest BCUT2D eigenvalue weighted by atomic mass is 32.2. The van der Waals surface area contributed by atoms with E-state index in [2.05, 4.69) is 74.1 Å². The fourth-order valence-corrected chi connectivity index (χ4v) is 6.43. The number of benzene rings is 3. The maximum Gasteiger partial charge on any atom is 0.266 e. The smallest absolute Gasteiger partial charge is 0.266 e. The lowest BCUT2D eigenvalue weighted by Gasteiger charge is -2.26. The summed E-state index contributed by atoms with van der Waals surface area (Å²) in [6.07, 6.45) is 4.26. The summed E-state index contributed by atoms with van der Waals surface area (Å²) >= 11 is 6.95. The first kappa shape index (κ1) is 28.5. The van der Waals surface area contributed by atoms with E-state index in [9.17, 15) is 4.79 Å². The summed E-state index contributed by atoms with van der Waals surface area (Å²) in [7, 11) is 0. The molecule has 1 aromatic heterocycles. The van der Waals surface area contributed by atoms with Gasteiger partial charge >= 0.3 is 0 Å². The second-order valence-corrected chi connectivity index (χ2v) is 11.9. The monoisotopic (exact) mass is 600 g/mol. The number of ether oxygens (including phenoxy) is 2. The molecule has 0 bridgehead atoms. The number of morpholine rings is 1. The van der Waals surface area contributed by atoms with Gasteiger partial charge in [0.05, 0.1) is 18.1 Å². The number of tetrazole rings is 1. The number of hydrogen-bond donors (Lipinski definition) is 1. The standard InChI is InChI=1S/C31H32N6O3S2/c38-30-28(42-31(41)37(30)12-4-3-7-29-32-34-35-33-29)21-26-20-25(24-9-8-22-5-1-2-6-23(22)19-24)10-11-27(26)40-18-15-36-13-16-39-17-14-36/h1-2,5-6,8-11,19-21H,3-4,7,12-18H2,(H,32,33,34,35)/b28-21-. The number of hydrogen-bond acceptors (Lipinski definition) is 9. The van der Waals surface area contributed by atoms with Crippen LogP contribution in [0, 0.1) is 0 Å². The van der Waals surface area contributed by atoms with Gasteiger partial charge in [-0.25, -0.2) is 0 Å². The number of aryl methyl sites for hydroxylation is 1. The van der Waals surface area contributed by atoms with Gasteiger partial charge in [-0.05, 0) is 59.0 Å². The van der Waals surface area contributed by atoms with Crippen molar-refractivity contribution in [3.63, 3.8) is 0 Å². The first-order valence-electron chi connectivity index (χ1n) is 14.2. The maximum absolute atomic E-state index is 13.4. The molecule has 0 unspecified atom stereocenters. The van der Waals surface area contributed by atoms with E-state index < -0.39 is 0 Å². The molecule has 2 aliphatic heterocycles. The van der Waals surface area contributed by atoms with Gasteiger partial charge in [-0.2, -0.15) is 5.21 Å². The van der Waals surface area contributed by atoms with Gasteiger partial charge < -0.3 is 9.47 Å². The Balaban J connectivity index is 1.21. The van der Waals surface area contributed by atoms with Crippen molar-refractivity contribution in [2.75, 3.05) is 46.0 Å². The predicted octanol–water partition coefficient (Wildman–Crippen LogP) is 4.96. The molecule has 216 valence electrons. The topological polar surface area (TPSA) is 96.5 Å². The number of nitrogens with one attached hydrogen (secondary N) is 1. The normalized spacial score (nSPS) is 17.0. The molecule has 2 fully saturated rings. The Labute approximate surface area is 254 Å². The lowest BCUT2D eigenvalue weighted by molar-refractivity contribution is -0.122. The van der Waals surface area contributed by atoms with Crippen LogP contribution in [0.25, 0.3) is 28.0 Å². The minimum Gasteiger partial charge on any atom is -0.492 e. The Morgan fingerprint density at radius 3 is 2.64 bits per heavy atom. The van der Waals surface area contributed by atoms with Crippen LogP contribution in [0.3, 0.4) is 0 Å². The second-order valence-electron chi connectivity index (χ2n) is 10.2. The van der Waals surface area contributed by atoms with Crippen LogP contribution in [0.1, 0.15) is 24.2 Å². The maximum atomic E-state index is 13.4. The Morgan fingerprint density at radius 2 is 1.81 bits per heavy atom. The van der Waals surface area contributed by atoms with E-state index >= 15 is 0 Å². The van der Waals surface area contributed by atoms with Crippen molar-refractivity contribution in [2.45, 2.75) is 19.3 Å². The number of unbranched alkanes of at least 4 members (excludes halogenated alkanes) is 1. The average Bonchev–Trinajstić information content (AvgIpc) is 3.63. The summed E-state index contributed by atoms with van der Waals surface area (Å²) in [6, 6.07) is 21.0. The van der Waals surface area contributed by atoms with Crippen molar-refractivity contribution in [3.05, 3.63) is 77.0 Å². The zero-order valence-electron chi connectivity index (χ0n) is 23.2. The Bertz CT molecular complexity index is 1590. The van der Waals surface area contributed by atoms with Crippen LogP contribution >= 0.6 is 24.0 Å². The number of amides is 1. The molecule has 0 spiro atoms. The molecule has 6 rings (SSSR count). The molecule has 0 atom stereocenters. The third kappa shape index (κ3) is 6.87. The molecule has 2 aliphatic rings. The zero-order valence-corrected chi connectivity index (χ0v) is 24.8. The molecule has 3 aromatic carbocycles. The van der Waals surface area contributed by atoms with Crippen LogP contribution in [0.15, 0.2) is 65.6 Å². The molecule has 1 amide bonds. The van der Waals surface area contributed by atoms with Crippen molar-refractivity contribution >= 4 is 51.1 Å². The van der Waals surface area contributed by atoms with Crippen molar-refractivity contribution < 1.29 is 14.3 Å². The third-order valence-corrected chi connectivity index (χ3v) is 8.82. The van der Waals surface area contributed by atoms with E-state index in [0.717, 1.165) is 68.1 Å². The Morgan fingerprint density at radius 1 is 1.00 bits per heavy atom. The van der Waals surface area contributed by atoms with Crippen LogP contribution in [0.5, 0.6) is 5.75 Å². The number of thiocarbonyl (C=S) groups is 1. The number of rotatable bonds is 11. The van der Waals surface area contributed by atoms with Crippen molar-refractivity contribution in [1.29, 1.82) is 0 Å². The summed E-state index contributed by atoms with van der Waals surface area (Å²) < 4.78 is 12.3. The highest BCUT2D eigenvalue weighted by molar-refractivity contribution is 8.26. The largest absolute Gasteiger partial charge is 0.492 e. The van der Waals surface area contributed by atoms with E-state index in [0.29, 0.717) is 34.6 Å². The summed E-state index contributed by atoms with van der Waals surface area (Å²) in [4.78, 5) is 18.1. The van der Waals surface area contributed by atoms with Gasteiger partial charge in [-0.3, -0.25) is 14.6 Å². The van der Waals surface area contributed by atoms with Gasteiger partial charge in [0.1, 0.15) is 16.7 Å². The lowest BCUT2D eigenvalue weighted by Crippen LogP contribution is -2.38. The van der Waals surface area contributed by atoms with Crippen molar-refractivity contribution in [1.82, 2.24) is 30.4 Å². The quantitative estimate of drug-likeness (QED) is 0.146.